The molecule has 33 heavy (non-hydrogen) atoms. The maximum atomic E-state index is 12.0. The Morgan fingerprint density at radius 2 is 1.70 bits per heavy atom. The molecule has 1 saturated heterocycles. The highest BCUT2D eigenvalue weighted by Crippen LogP contribution is 2.25. The van der Waals surface area contributed by atoms with E-state index in [-0.39, 0.29) is 4.90 Å². The summed E-state index contributed by atoms with van der Waals surface area (Å²) in [4.78, 5) is 14.2. The molecule has 9 heteroatoms. The number of piperazine rings is 1. The first-order valence-electron chi connectivity index (χ1n) is 10.8. The number of likely N-dealkylation sites (N-methyl/N-ethyl adjacent to an activating group) is 1. The van der Waals surface area contributed by atoms with Crippen LogP contribution in [0.5, 0.6) is 0 Å². The van der Waals surface area contributed by atoms with Gasteiger partial charge in [0.1, 0.15) is 5.65 Å². The maximum Gasteiger partial charge on any atom is 0.229 e. The predicted molar refractivity (Wildman–Crippen MR) is 131 cm³/mol. The number of benzene rings is 2. The summed E-state index contributed by atoms with van der Waals surface area (Å²) < 4.78 is 25.8. The third kappa shape index (κ3) is 4.55. The molecule has 5 rings (SSSR count). The average Bonchev–Trinajstić information content (AvgIpc) is 3.23. The van der Waals surface area contributed by atoms with Crippen molar-refractivity contribution in [3.05, 3.63) is 67.0 Å². The molecule has 0 radical (unpaired) electrons. The van der Waals surface area contributed by atoms with Crippen LogP contribution in [0.15, 0.2) is 71.9 Å². The van der Waals surface area contributed by atoms with Gasteiger partial charge < -0.3 is 19.7 Å². The fourth-order valence-corrected chi connectivity index (χ4v) is 4.69. The Hall–Kier alpha value is -3.43. The highest BCUT2D eigenvalue weighted by Gasteiger charge is 2.15. The van der Waals surface area contributed by atoms with Crippen LogP contribution in [0.1, 0.15) is 0 Å². The van der Waals surface area contributed by atoms with Crippen LogP contribution in [-0.4, -0.2) is 67.3 Å². The normalized spacial score (nSPS) is 15.2. The minimum absolute atomic E-state index is 0.273. The largest absolute Gasteiger partial charge is 0.369 e. The van der Waals surface area contributed by atoms with Gasteiger partial charge in [0.2, 0.25) is 5.95 Å². The van der Waals surface area contributed by atoms with Crippen LogP contribution in [-0.2, 0) is 9.84 Å². The van der Waals surface area contributed by atoms with E-state index in [0.717, 1.165) is 42.9 Å². The second-order valence-electron chi connectivity index (χ2n) is 8.39. The van der Waals surface area contributed by atoms with Crippen molar-refractivity contribution in [1.82, 2.24) is 19.4 Å². The van der Waals surface area contributed by atoms with Crippen LogP contribution in [0.3, 0.4) is 0 Å². The van der Waals surface area contributed by atoms with Crippen molar-refractivity contribution in [2.75, 3.05) is 49.7 Å². The summed E-state index contributed by atoms with van der Waals surface area (Å²) in [5.41, 5.74) is 3.53. The Labute approximate surface area is 193 Å². The zero-order chi connectivity index (χ0) is 23.0. The number of hydrogen-bond acceptors (Lipinski definition) is 7. The molecule has 0 aliphatic carbocycles. The van der Waals surface area contributed by atoms with Crippen LogP contribution in [0, 0.1) is 0 Å². The van der Waals surface area contributed by atoms with Crippen LogP contribution in [0.2, 0.25) is 0 Å². The number of fused-ring (bicyclic) bond motifs is 1. The van der Waals surface area contributed by atoms with E-state index in [9.17, 15) is 8.42 Å². The summed E-state index contributed by atoms with van der Waals surface area (Å²) in [5, 5.41) is 4.19. The van der Waals surface area contributed by atoms with Crippen LogP contribution < -0.4 is 10.2 Å². The summed E-state index contributed by atoms with van der Waals surface area (Å²) >= 11 is 0. The first-order valence-corrected chi connectivity index (χ1v) is 12.7. The lowest BCUT2D eigenvalue weighted by molar-refractivity contribution is 0.313. The molecule has 1 aliphatic rings. The molecule has 8 nitrogen and oxygen atoms in total. The first kappa shape index (κ1) is 21.4. The van der Waals surface area contributed by atoms with Crippen molar-refractivity contribution in [3.63, 3.8) is 0 Å². The molecule has 0 saturated carbocycles. The van der Waals surface area contributed by atoms with E-state index >= 15 is 0 Å². The van der Waals surface area contributed by atoms with E-state index < -0.39 is 9.84 Å². The fourth-order valence-electron chi connectivity index (χ4n) is 4.02. The minimum atomic E-state index is -3.30. The molecule has 0 unspecified atom stereocenters. The van der Waals surface area contributed by atoms with Crippen LogP contribution in [0.25, 0.3) is 16.7 Å². The zero-order valence-corrected chi connectivity index (χ0v) is 19.5. The molecular weight excluding hydrogens is 436 g/mol. The monoisotopic (exact) mass is 462 g/mol. The lowest BCUT2D eigenvalue weighted by Crippen LogP contribution is -2.44. The molecular formula is C24H26N6O2S. The number of aromatic nitrogens is 3. The van der Waals surface area contributed by atoms with Crippen molar-refractivity contribution < 1.29 is 8.42 Å². The third-order valence-corrected chi connectivity index (χ3v) is 7.03. The second-order valence-corrected chi connectivity index (χ2v) is 10.4. The molecule has 170 valence electrons. The molecule has 3 heterocycles. The third-order valence-electron chi connectivity index (χ3n) is 5.92. The highest BCUT2D eigenvalue weighted by molar-refractivity contribution is 7.90. The Balaban J connectivity index is 1.44. The SMILES string of the molecule is CN1CCN(c2cccc(Nc3ncc4ccn(-c5cccc(S(C)(=O)=O)c5)c4n3)c2)CC1. The zero-order valence-electron chi connectivity index (χ0n) is 18.6. The average molecular weight is 463 g/mol. The van der Waals surface area contributed by atoms with Gasteiger partial charge in [-0.15, -0.1) is 0 Å². The number of nitrogens with zero attached hydrogens (tertiary/aromatic N) is 5. The topological polar surface area (TPSA) is 83.4 Å². The Morgan fingerprint density at radius 3 is 2.48 bits per heavy atom. The molecule has 0 atom stereocenters. The van der Waals surface area contributed by atoms with Gasteiger partial charge >= 0.3 is 0 Å². The van der Waals surface area contributed by atoms with Gasteiger partial charge in [0.15, 0.2) is 9.84 Å². The van der Waals surface area contributed by atoms with Gasteiger partial charge in [-0.2, -0.15) is 4.98 Å². The van der Waals surface area contributed by atoms with Crippen LogP contribution in [0.4, 0.5) is 17.3 Å². The Kier molecular flexibility index (Phi) is 5.51. The second kappa shape index (κ2) is 8.49. The van der Waals surface area contributed by atoms with Gasteiger partial charge in [0, 0.05) is 67.3 Å². The molecule has 1 N–H and O–H groups in total. The number of nitrogens with one attached hydrogen (secondary N) is 1. The van der Waals surface area contributed by atoms with Crippen molar-refractivity contribution in [1.29, 1.82) is 0 Å². The molecule has 0 amide bonds. The Morgan fingerprint density at radius 1 is 0.939 bits per heavy atom. The summed E-state index contributed by atoms with van der Waals surface area (Å²) in [6, 6.07) is 17.1. The van der Waals surface area contributed by atoms with Gasteiger partial charge in [0.05, 0.1) is 4.90 Å². The number of rotatable bonds is 5. The van der Waals surface area contributed by atoms with Gasteiger partial charge in [-0.25, -0.2) is 13.4 Å². The van der Waals surface area contributed by atoms with E-state index in [0.29, 0.717) is 11.6 Å². The number of anilines is 3. The molecule has 1 fully saturated rings. The summed E-state index contributed by atoms with van der Waals surface area (Å²) in [6.45, 7) is 4.11. The molecule has 4 aromatic rings. The minimum Gasteiger partial charge on any atom is -0.369 e. The molecule has 0 bridgehead atoms. The maximum absolute atomic E-state index is 12.0. The van der Waals surface area contributed by atoms with E-state index in [4.69, 9.17) is 4.98 Å². The van der Waals surface area contributed by atoms with Crippen molar-refractivity contribution in [2.45, 2.75) is 4.90 Å². The fraction of sp³-hybridized carbons (Fsp3) is 0.250. The molecule has 2 aromatic carbocycles. The van der Waals surface area contributed by atoms with E-state index in [1.165, 1.54) is 11.9 Å². The van der Waals surface area contributed by atoms with Gasteiger partial charge in [-0.05, 0) is 49.5 Å². The lowest BCUT2D eigenvalue weighted by Gasteiger charge is -2.34. The lowest BCUT2D eigenvalue weighted by atomic mass is 10.2. The van der Waals surface area contributed by atoms with Crippen molar-refractivity contribution in [3.8, 4) is 5.69 Å². The Bertz CT molecular complexity index is 1410. The van der Waals surface area contributed by atoms with E-state index in [2.05, 4.69) is 39.3 Å². The van der Waals surface area contributed by atoms with Gasteiger partial charge in [-0.1, -0.05) is 12.1 Å². The van der Waals surface area contributed by atoms with Crippen LogP contribution >= 0.6 is 0 Å². The quantitative estimate of drug-likeness (QED) is 0.487. The summed E-state index contributed by atoms with van der Waals surface area (Å²) in [5.74, 6) is 0.484. The van der Waals surface area contributed by atoms with Crippen molar-refractivity contribution >= 4 is 38.2 Å². The molecule has 1 aliphatic heterocycles. The smallest absolute Gasteiger partial charge is 0.229 e. The number of hydrogen-bond donors (Lipinski definition) is 1. The molecule has 2 aromatic heterocycles. The highest BCUT2D eigenvalue weighted by atomic mass is 32.2. The molecule has 0 spiro atoms. The standard InChI is InChI=1S/C24H26N6O2S/c1-28-11-13-29(14-12-28)20-6-3-5-19(15-20)26-24-25-17-18-9-10-30(23(18)27-24)21-7-4-8-22(16-21)33(2,31)32/h3-10,15-17H,11-14H2,1-2H3,(H,25,26,27). The van der Waals surface area contributed by atoms with Gasteiger partial charge in [-0.3, -0.25) is 0 Å². The summed E-state index contributed by atoms with van der Waals surface area (Å²) in [7, 11) is -1.15. The first-order chi connectivity index (χ1) is 15.9. The van der Waals surface area contributed by atoms with E-state index in [1.54, 1.807) is 24.4 Å². The van der Waals surface area contributed by atoms with Gasteiger partial charge in [0.25, 0.3) is 0 Å². The predicted octanol–water partition coefficient (Wildman–Crippen LogP) is 3.32. The number of sulfone groups is 1. The van der Waals surface area contributed by atoms with Crippen molar-refractivity contribution in [2.24, 2.45) is 0 Å². The van der Waals surface area contributed by atoms with E-state index in [1.807, 2.05) is 35.0 Å². The summed E-state index contributed by atoms with van der Waals surface area (Å²) in [6.07, 6.45) is 4.85.